The van der Waals surface area contributed by atoms with E-state index in [1.807, 2.05) is 13.8 Å². The highest BCUT2D eigenvalue weighted by molar-refractivity contribution is 5.82. The lowest BCUT2D eigenvalue weighted by molar-refractivity contribution is -0.122. The molecule has 0 rings (SSSR count). The van der Waals surface area contributed by atoms with E-state index in [0.717, 1.165) is 0 Å². The molecule has 5 nitrogen and oxygen atoms in total. The van der Waals surface area contributed by atoms with Crippen molar-refractivity contribution >= 4 is 12.0 Å². The number of nitrogens with one attached hydrogen (secondary N) is 1. The Labute approximate surface area is 84.4 Å². The van der Waals surface area contributed by atoms with Crippen molar-refractivity contribution in [3.8, 4) is 0 Å². The summed E-state index contributed by atoms with van der Waals surface area (Å²) in [6, 6.07) is 0.0823. The van der Waals surface area contributed by atoms with Gasteiger partial charge >= 0.3 is 6.09 Å². The molecule has 1 N–H and O–H groups in total. The van der Waals surface area contributed by atoms with Gasteiger partial charge in [-0.25, -0.2) is 4.79 Å². The fraction of sp³-hybridized carbons (Fsp3) is 0.778. The zero-order valence-electron chi connectivity index (χ0n) is 9.16. The molecular formula is C9H18N2O3. The van der Waals surface area contributed by atoms with E-state index in [-0.39, 0.29) is 18.5 Å². The molecule has 0 aromatic heterocycles. The monoisotopic (exact) mass is 202 g/mol. The molecule has 0 atom stereocenters. The Morgan fingerprint density at radius 1 is 1.43 bits per heavy atom. The van der Waals surface area contributed by atoms with Crippen molar-refractivity contribution in [2.24, 2.45) is 0 Å². The van der Waals surface area contributed by atoms with E-state index in [0.29, 0.717) is 6.54 Å². The molecule has 0 saturated heterocycles. The number of likely N-dealkylation sites (N-methyl/N-ethyl adjacent to an activating group) is 1. The first kappa shape index (κ1) is 12.7. The molecule has 82 valence electrons. The van der Waals surface area contributed by atoms with Crippen LogP contribution in [-0.2, 0) is 9.53 Å². The van der Waals surface area contributed by atoms with Crippen molar-refractivity contribution in [2.75, 3.05) is 20.2 Å². The normalized spacial score (nSPS) is 9.79. The molecule has 0 aliphatic carbocycles. The second-order valence-electron chi connectivity index (χ2n) is 3.21. The van der Waals surface area contributed by atoms with Crippen molar-refractivity contribution in [2.45, 2.75) is 26.8 Å². The first-order valence-corrected chi connectivity index (χ1v) is 4.63. The van der Waals surface area contributed by atoms with Crippen molar-refractivity contribution in [3.05, 3.63) is 0 Å². The van der Waals surface area contributed by atoms with Crippen LogP contribution < -0.4 is 5.32 Å². The smallest absolute Gasteiger partial charge is 0.409 e. The molecule has 0 aliphatic heterocycles. The Morgan fingerprint density at radius 2 is 2.00 bits per heavy atom. The van der Waals surface area contributed by atoms with E-state index >= 15 is 0 Å². The zero-order chi connectivity index (χ0) is 11.1. The predicted octanol–water partition coefficient (Wildman–Crippen LogP) is 0.599. The summed E-state index contributed by atoms with van der Waals surface area (Å²) in [4.78, 5) is 23.7. The summed E-state index contributed by atoms with van der Waals surface area (Å²) in [5.41, 5.74) is 0. The predicted molar refractivity (Wildman–Crippen MR) is 52.9 cm³/mol. The maximum atomic E-state index is 11.3. The number of ether oxygens (including phenoxy) is 1. The third kappa shape index (κ3) is 4.69. The van der Waals surface area contributed by atoms with E-state index in [4.69, 9.17) is 0 Å². The van der Waals surface area contributed by atoms with Gasteiger partial charge in [0.2, 0.25) is 5.91 Å². The summed E-state index contributed by atoms with van der Waals surface area (Å²) in [6.07, 6.45) is -0.480. The highest BCUT2D eigenvalue weighted by Gasteiger charge is 2.15. The number of rotatable bonds is 4. The van der Waals surface area contributed by atoms with Gasteiger partial charge in [0.05, 0.1) is 7.11 Å². The largest absolute Gasteiger partial charge is 0.453 e. The molecule has 0 bridgehead atoms. The van der Waals surface area contributed by atoms with Gasteiger partial charge in [0.15, 0.2) is 0 Å². The minimum atomic E-state index is -0.480. The van der Waals surface area contributed by atoms with Gasteiger partial charge in [-0.1, -0.05) is 0 Å². The van der Waals surface area contributed by atoms with E-state index in [1.54, 1.807) is 6.92 Å². The molecule has 2 amide bonds. The summed E-state index contributed by atoms with van der Waals surface area (Å²) >= 11 is 0. The fourth-order valence-electron chi connectivity index (χ4n) is 0.976. The highest BCUT2D eigenvalue weighted by Crippen LogP contribution is 1.92. The lowest BCUT2D eigenvalue weighted by Crippen LogP contribution is -2.42. The maximum absolute atomic E-state index is 11.3. The lowest BCUT2D eigenvalue weighted by atomic mass is 10.4. The Morgan fingerprint density at radius 3 is 2.36 bits per heavy atom. The number of hydrogen-bond acceptors (Lipinski definition) is 3. The molecule has 0 aromatic rings. The van der Waals surface area contributed by atoms with Gasteiger partial charge in [0.1, 0.15) is 6.54 Å². The number of nitrogens with zero attached hydrogens (tertiary/aromatic N) is 1. The Bertz CT molecular complexity index is 204. The Hall–Kier alpha value is -1.26. The van der Waals surface area contributed by atoms with Crippen LogP contribution in [0.1, 0.15) is 20.8 Å². The van der Waals surface area contributed by atoms with Crippen molar-refractivity contribution in [1.29, 1.82) is 0 Å². The van der Waals surface area contributed by atoms with Gasteiger partial charge < -0.3 is 10.1 Å². The standard InChI is InChI=1S/C9H18N2O3/c1-5-11(9(13)14-4)6-8(12)10-7(2)3/h7H,5-6H2,1-4H3,(H,10,12). The second kappa shape index (κ2) is 6.23. The molecular weight excluding hydrogens is 184 g/mol. The summed E-state index contributed by atoms with van der Waals surface area (Å²) in [6.45, 7) is 6.03. The van der Waals surface area contributed by atoms with E-state index in [1.165, 1.54) is 12.0 Å². The maximum Gasteiger partial charge on any atom is 0.409 e. The van der Waals surface area contributed by atoms with Gasteiger partial charge in [-0.05, 0) is 20.8 Å². The number of methoxy groups -OCH3 is 1. The molecule has 0 aromatic carbocycles. The van der Waals surface area contributed by atoms with Gasteiger partial charge in [-0.2, -0.15) is 0 Å². The van der Waals surface area contributed by atoms with Gasteiger partial charge in [0.25, 0.3) is 0 Å². The van der Waals surface area contributed by atoms with E-state index in [2.05, 4.69) is 10.1 Å². The summed E-state index contributed by atoms with van der Waals surface area (Å²) in [7, 11) is 1.30. The molecule has 0 unspecified atom stereocenters. The number of amides is 2. The number of hydrogen-bond donors (Lipinski definition) is 1. The molecule has 0 heterocycles. The van der Waals surface area contributed by atoms with Crippen LogP contribution in [0.3, 0.4) is 0 Å². The molecule has 0 radical (unpaired) electrons. The van der Waals surface area contributed by atoms with Crippen molar-refractivity contribution < 1.29 is 14.3 Å². The van der Waals surface area contributed by atoms with Crippen LogP contribution in [0.15, 0.2) is 0 Å². The third-order valence-corrected chi connectivity index (χ3v) is 1.60. The van der Waals surface area contributed by atoms with E-state index < -0.39 is 6.09 Å². The topological polar surface area (TPSA) is 58.6 Å². The fourth-order valence-corrected chi connectivity index (χ4v) is 0.976. The van der Waals surface area contributed by atoms with Crippen molar-refractivity contribution in [1.82, 2.24) is 10.2 Å². The SMILES string of the molecule is CCN(CC(=O)NC(C)C)C(=O)OC. The van der Waals surface area contributed by atoms with Crippen LogP contribution in [0.2, 0.25) is 0 Å². The van der Waals surface area contributed by atoms with Crippen LogP contribution in [-0.4, -0.2) is 43.1 Å². The minimum absolute atomic E-state index is 0.0430. The molecule has 5 heteroatoms. The summed E-state index contributed by atoms with van der Waals surface area (Å²) in [5.74, 6) is -0.174. The van der Waals surface area contributed by atoms with Crippen molar-refractivity contribution in [3.63, 3.8) is 0 Å². The quantitative estimate of drug-likeness (QED) is 0.726. The van der Waals surface area contributed by atoms with Gasteiger partial charge in [-0.15, -0.1) is 0 Å². The lowest BCUT2D eigenvalue weighted by Gasteiger charge is -2.19. The molecule has 14 heavy (non-hydrogen) atoms. The highest BCUT2D eigenvalue weighted by atomic mass is 16.5. The zero-order valence-corrected chi connectivity index (χ0v) is 9.16. The molecule has 0 saturated carbocycles. The number of carbonyl (C=O) groups is 2. The first-order valence-electron chi connectivity index (χ1n) is 4.63. The van der Waals surface area contributed by atoms with Crippen LogP contribution in [0, 0.1) is 0 Å². The Balaban J connectivity index is 4.05. The van der Waals surface area contributed by atoms with E-state index in [9.17, 15) is 9.59 Å². The summed E-state index contributed by atoms with van der Waals surface area (Å²) in [5, 5.41) is 2.70. The number of carbonyl (C=O) groups excluding carboxylic acids is 2. The average Bonchev–Trinajstić information content (AvgIpc) is 2.11. The van der Waals surface area contributed by atoms with Crippen LogP contribution in [0.4, 0.5) is 4.79 Å². The van der Waals surface area contributed by atoms with Crippen LogP contribution in [0.25, 0.3) is 0 Å². The minimum Gasteiger partial charge on any atom is -0.453 e. The molecule has 0 aliphatic rings. The average molecular weight is 202 g/mol. The Kier molecular flexibility index (Phi) is 5.67. The summed E-state index contributed by atoms with van der Waals surface area (Å²) < 4.78 is 4.52. The molecule has 0 fully saturated rings. The third-order valence-electron chi connectivity index (χ3n) is 1.60. The van der Waals surface area contributed by atoms with Gasteiger partial charge in [-0.3, -0.25) is 9.69 Å². The van der Waals surface area contributed by atoms with Gasteiger partial charge in [0, 0.05) is 12.6 Å². The van der Waals surface area contributed by atoms with Crippen LogP contribution in [0.5, 0.6) is 0 Å². The first-order chi connectivity index (χ1) is 6.51. The second-order valence-corrected chi connectivity index (χ2v) is 3.21. The van der Waals surface area contributed by atoms with Crippen LogP contribution >= 0.6 is 0 Å². The molecule has 0 spiro atoms.